The number of rotatable bonds is 2. The van der Waals surface area contributed by atoms with Gasteiger partial charge in [-0.3, -0.25) is 0 Å². The van der Waals surface area contributed by atoms with Crippen molar-refractivity contribution >= 4 is 0 Å². The summed E-state index contributed by atoms with van der Waals surface area (Å²) in [5.74, 6) is 3.96. The first kappa shape index (κ1) is 7.64. The van der Waals surface area contributed by atoms with Crippen molar-refractivity contribution in [3.63, 3.8) is 0 Å². The van der Waals surface area contributed by atoms with Crippen LogP contribution < -0.4 is 0 Å². The molecule has 0 amide bonds. The van der Waals surface area contributed by atoms with Crippen LogP contribution in [0.2, 0.25) is 0 Å². The molecule has 11 heavy (non-hydrogen) atoms. The molecule has 1 atom stereocenters. The molecule has 0 heteroatoms. The Balaban J connectivity index is 1.82. The molecule has 0 bridgehead atoms. The quantitative estimate of drug-likeness (QED) is 0.566. The van der Waals surface area contributed by atoms with Crippen molar-refractivity contribution < 1.29 is 0 Å². The van der Waals surface area contributed by atoms with Gasteiger partial charge in [0.05, 0.1) is 0 Å². The highest BCUT2D eigenvalue weighted by atomic mass is 14.4. The molecule has 1 unspecified atom stereocenters. The maximum absolute atomic E-state index is 2.46. The first-order chi connectivity index (χ1) is 5.38. The molecule has 1 radical (unpaired) electrons. The summed E-state index contributed by atoms with van der Waals surface area (Å²) in [6.45, 7) is 2.46. The second-order valence-corrected chi connectivity index (χ2v) is 4.35. The third-order valence-corrected chi connectivity index (χ3v) is 3.75. The van der Waals surface area contributed by atoms with Crippen LogP contribution >= 0.6 is 0 Å². The molecule has 0 nitrogen and oxygen atoms in total. The molecule has 2 saturated carbocycles. The van der Waals surface area contributed by atoms with Crippen molar-refractivity contribution in [3.05, 3.63) is 5.92 Å². The van der Waals surface area contributed by atoms with Crippen molar-refractivity contribution in [3.8, 4) is 0 Å². The van der Waals surface area contributed by atoms with Gasteiger partial charge in [-0.1, -0.05) is 39.0 Å². The van der Waals surface area contributed by atoms with Gasteiger partial charge in [0.1, 0.15) is 0 Å². The molecule has 0 aromatic heterocycles. The lowest BCUT2D eigenvalue weighted by Crippen LogP contribution is -2.23. The molecule has 2 aliphatic rings. The zero-order valence-electron chi connectivity index (χ0n) is 7.60. The van der Waals surface area contributed by atoms with Crippen LogP contribution in [0.1, 0.15) is 51.9 Å². The Morgan fingerprint density at radius 3 is 2.18 bits per heavy atom. The Kier molecular flexibility index (Phi) is 2.20. The number of hydrogen-bond acceptors (Lipinski definition) is 0. The lowest BCUT2D eigenvalue weighted by Gasteiger charge is -2.34. The molecular formula is C11H19. The smallest absolute Gasteiger partial charge is 0.0210 e. The highest BCUT2D eigenvalue weighted by Crippen LogP contribution is 2.43. The molecule has 0 saturated heterocycles. The molecule has 0 N–H and O–H groups in total. The van der Waals surface area contributed by atoms with Gasteiger partial charge in [0.2, 0.25) is 0 Å². The van der Waals surface area contributed by atoms with Crippen LogP contribution in [-0.2, 0) is 0 Å². The Morgan fingerprint density at radius 1 is 1.09 bits per heavy atom. The van der Waals surface area contributed by atoms with E-state index in [0.29, 0.717) is 0 Å². The van der Waals surface area contributed by atoms with Gasteiger partial charge >= 0.3 is 0 Å². The van der Waals surface area contributed by atoms with Crippen LogP contribution in [0.15, 0.2) is 0 Å². The van der Waals surface area contributed by atoms with E-state index in [0.717, 1.165) is 11.8 Å². The van der Waals surface area contributed by atoms with Gasteiger partial charge in [0.25, 0.3) is 0 Å². The van der Waals surface area contributed by atoms with Gasteiger partial charge in [0, 0.05) is 0 Å². The van der Waals surface area contributed by atoms with E-state index in [4.69, 9.17) is 0 Å². The fraction of sp³-hybridized carbons (Fsp3) is 0.909. The Morgan fingerprint density at radius 2 is 1.73 bits per heavy atom. The lowest BCUT2D eigenvalue weighted by atomic mass is 9.71. The zero-order valence-corrected chi connectivity index (χ0v) is 7.60. The van der Waals surface area contributed by atoms with Crippen LogP contribution in [0.25, 0.3) is 0 Å². The first-order valence-corrected chi connectivity index (χ1v) is 5.22. The largest absolute Gasteiger partial charge is 0.0617 e. The topological polar surface area (TPSA) is 0 Å². The van der Waals surface area contributed by atoms with E-state index in [-0.39, 0.29) is 0 Å². The molecule has 2 fully saturated rings. The van der Waals surface area contributed by atoms with Crippen LogP contribution in [0, 0.1) is 17.8 Å². The molecule has 2 aliphatic carbocycles. The van der Waals surface area contributed by atoms with Gasteiger partial charge in [0.15, 0.2) is 0 Å². The van der Waals surface area contributed by atoms with E-state index in [1.54, 1.807) is 0 Å². The predicted octanol–water partition coefficient (Wildman–Crippen LogP) is 3.57. The fourth-order valence-corrected chi connectivity index (χ4v) is 2.56. The summed E-state index contributed by atoms with van der Waals surface area (Å²) in [6, 6.07) is 0. The summed E-state index contributed by atoms with van der Waals surface area (Å²) in [6.07, 6.45) is 10.4. The Labute approximate surface area is 70.4 Å². The maximum Gasteiger partial charge on any atom is -0.0210 e. The summed E-state index contributed by atoms with van der Waals surface area (Å²) in [5.41, 5.74) is 0. The minimum atomic E-state index is 0.978. The maximum atomic E-state index is 2.46. The van der Waals surface area contributed by atoms with Crippen LogP contribution in [0.5, 0.6) is 0 Å². The third-order valence-electron chi connectivity index (χ3n) is 3.75. The summed E-state index contributed by atoms with van der Waals surface area (Å²) in [5, 5.41) is 0. The molecule has 0 spiro atoms. The average molecular weight is 151 g/mol. The van der Waals surface area contributed by atoms with E-state index in [9.17, 15) is 0 Å². The van der Waals surface area contributed by atoms with Crippen molar-refractivity contribution in [2.45, 2.75) is 51.9 Å². The van der Waals surface area contributed by atoms with Crippen molar-refractivity contribution in [2.75, 3.05) is 0 Å². The highest BCUT2D eigenvalue weighted by molar-refractivity contribution is 5.02. The van der Waals surface area contributed by atoms with Gasteiger partial charge in [-0.05, 0) is 30.6 Å². The molecular weight excluding hydrogens is 132 g/mol. The van der Waals surface area contributed by atoms with E-state index in [1.807, 2.05) is 5.92 Å². The molecule has 0 aromatic carbocycles. The van der Waals surface area contributed by atoms with Crippen molar-refractivity contribution in [1.82, 2.24) is 0 Å². The van der Waals surface area contributed by atoms with E-state index in [1.165, 1.54) is 44.9 Å². The third kappa shape index (κ3) is 1.45. The summed E-state index contributed by atoms with van der Waals surface area (Å²) in [7, 11) is 0. The molecule has 2 rings (SSSR count). The van der Waals surface area contributed by atoms with Crippen LogP contribution in [0.3, 0.4) is 0 Å². The SMILES string of the molecule is CC([C]1CCCC1)C1CCC1. The van der Waals surface area contributed by atoms with Gasteiger partial charge in [-0.25, -0.2) is 0 Å². The normalized spacial score (nSPS) is 30.3. The summed E-state index contributed by atoms with van der Waals surface area (Å²) in [4.78, 5) is 0. The van der Waals surface area contributed by atoms with E-state index in [2.05, 4.69) is 6.92 Å². The number of hydrogen-bond donors (Lipinski definition) is 0. The minimum Gasteiger partial charge on any atom is -0.0617 e. The monoisotopic (exact) mass is 151 g/mol. The molecule has 0 aromatic rings. The minimum absolute atomic E-state index is 0.978. The molecule has 63 valence electrons. The predicted molar refractivity (Wildman–Crippen MR) is 48.2 cm³/mol. The molecule has 0 heterocycles. The lowest BCUT2D eigenvalue weighted by molar-refractivity contribution is 0.224. The summed E-state index contributed by atoms with van der Waals surface area (Å²) >= 11 is 0. The molecule has 0 aliphatic heterocycles. The van der Waals surface area contributed by atoms with Gasteiger partial charge < -0.3 is 0 Å². The fourth-order valence-electron chi connectivity index (χ4n) is 2.56. The van der Waals surface area contributed by atoms with Crippen LogP contribution in [-0.4, -0.2) is 0 Å². The van der Waals surface area contributed by atoms with Crippen LogP contribution in [0.4, 0.5) is 0 Å². The zero-order chi connectivity index (χ0) is 7.68. The van der Waals surface area contributed by atoms with Crippen molar-refractivity contribution in [2.24, 2.45) is 11.8 Å². The van der Waals surface area contributed by atoms with E-state index >= 15 is 0 Å². The van der Waals surface area contributed by atoms with E-state index < -0.39 is 0 Å². The standard InChI is InChI=1S/C11H19/c1-9(11-7-4-8-11)10-5-2-3-6-10/h9,11H,2-8H2,1H3. The first-order valence-electron chi connectivity index (χ1n) is 5.22. The van der Waals surface area contributed by atoms with Gasteiger partial charge in [-0.2, -0.15) is 0 Å². The Hall–Kier alpha value is 0. The van der Waals surface area contributed by atoms with Gasteiger partial charge in [-0.15, -0.1) is 0 Å². The second-order valence-electron chi connectivity index (χ2n) is 4.35. The highest BCUT2D eigenvalue weighted by Gasteiger charge is 2.31. The van der Waals surface area contributed by atoms with Crippen molar-refractivity contribution in [1.29, 1.82) is 0 Å². The second kappa shape index (κ2) is 3.16. The Bertz CT molecular complexity index is 118. The summed E-state index contributed by atoms with van der Waals surface area (Å²) < 4.78 is 0. The average Bonchev–Trinajstić information content (AvgIpc) is 2.32.